The summed E-state index contributed by atoms with van der Waals surface area (Å²) in [7, 11) is 0. The van der Waals surface area contributed by atoms with Crippen LogP contribution in [0, 0.1) is 0 Å². The van der Waals surface area contributed by atoms with E-state index >= 15 is 0 Å². The quantitative estimate of drug-likeness (QED) is 0.361. The van der Waals surface area contributed by atoms with Gasteiger partial charge in [-0.1, -0.05) is 12.1 Å². The molecule has 4 heterocycles. The average molecular weight is 376 g/mol. The highest BCUT2D eigenvalue weighted by atomic mass is 32.1. The van der Waals surface area contributed by atoms with Crippen LogP contribution in [0.5, 0.6) is 0 Å². The van der Waals surface area contributed by atoms with Gasteiger partial charge < -0.3 is 8.83 Å². The predicted octanol–water partition coefficient (Wildman–Crippen LogP) is 6.45. The van der Waals surface area contributed by atoms with Gasteiger partial charge in [-0.05, 0) is 47.2 Å². The molecule has 5 aromatic rings. The van der Waals surface area contributed by atoms with Crippen molar-refractivity contribution in [2.24, 2.45) is 0 Å². The molecule has 0 bridgehead atoms. The SMILES string of the molecule is c1csc(-c2cnc(-c3ccc(-c4ncc(-c5cccs5)o4)cc3)o2)c1. The van der Waals surface area contributed by atoms with Gasteiger partial charge >= 0.3 is 0 Å². The summed E-state index contributed by atoms with van der Waals surface area (Å²) in [4.78, 5) is 10.9. The first-order chi connectivity index (χ1) is 12.9. The van der Waals surface area contributed by atoms with Crippen molar-refractivity contribution < 1.29 is 8.83 Å². The summed E-state index contributed by atoms with van der Waals surface area (Å²) in [5.74, 6) is 2.78. The molecule has 5 rings (SSSR count). The molecule has 4 nitrogen and oxygen atoms in total. The van der Waals surface area contributed by atoms with E-state index in [0.717, 1.165) is 32.4 Å². The largest absolute Gasteiger partial charge is 0.435 e. The first-order valence-electron chi connectivity index (χ1n) is 7.97. The molecule has 1 aromatic carbocycles. The van der Waals surface area contributed by atoms with E-state index in [1.165, 1.54) is 0 Å². The van der Waals surface area contributed by atoms with Crippen LogP contribution in [0.4, 0.5) is 0 Å². The fraction of sp³-hybridized carbons (Fsp3) is 0. The van der Waals surface area contributed by atoms with Crippen LogP contribution in [0.3, 0.4) is 0 Å². The third-order valence-corrected chi connectivity index (χ3v) is 5.69. The van der Waals surface area contributed by atoms with E-state index in [9.17, 15) is 0 Å². The molecule has 0 saturated carbocycles. The minimum Gasteiger partial charge on any atom is -0.435 e. The number of hydrogen-bond acceptors (Lipinski definition) is 6. The number of hydrogen-bond donors (Lipinski definition) is 0. The fourth-order valence-corrected chi connectivity index (χ4v) is 3.98. The molecule has 0 aliphatic heterocycles. The second kappa shape index (κ2) is 6.40. The van der Waals surface area contributed by atoms with Gasteiger partial charge in [0.25, 0.3) is 0 Å². The minimum atomic E-state index is 0.603. The highest BCUT2D eigenvalue weighted by Gasteiger charge is 2.12. The molecule has 0 saturated heterocycles. The molecule has 0 amide bonds. The number of oxazole rings is 2. The Kier molecular flexibility index (Phi) is 3.77. The molecule has 0 unspecified atom stereocenters. The Bertz CT molecular complexity index is 1030. The number of benzene rings is 1. The van der Waals surface area contributed by atoms with Gasteiger partial charge in [-0.25, -0.2) is 9.97 Å². The van der Waals surface area contributed by atoms with E-state index in [2.05, 4.69) is 9.97 Å². The number of rotatable bonds is 4. The topological polar surface area (TPSA) is 52.1 Å². The number of thiophene rings is 2. The van der Waals surface area contributed by atoms with E-state index in [1.54, 1.807) is 35.1 Å². The second-order valence-electron chi connectivity index (χ2n) is 5.59. The Morgan fingerprint density at radius 2 is 1.08 bits per heavy atom. The molecule has 0 N–H and O–H groups in total. The summed E-state index contributed by atoms with van der Waals surface area (Å²) in [6, 6.07) is 15.9. The molecule has 0 fully saturated rings. The summed E-state index contributed by atoms with van der Waals surface area (Å²) < 4.78 is 11.7. The lowest BCUT2D eigenvalue weighted by Gasteiger charge is -1.98. The molecule has 126 valence electrons. The molecule has 6 heteroatoms. The van der Waals surface area contributed by atoms with E-state index in [0.29, 0.717) is 11.8 Å². The van der Waals surface area contributed by atoms with Crippen LogP contribution in [0.15, 0.2) is 80.5 Å². The highest BCUT2D eigenvalue weighted by molar-refractivity contribution is 7.13. The monoisotopic (exact) mass is 376 g/mol. The highest BCUT2D eigenvalue weighted by Crippen LogP contribution is 2.32. The lowest BCUT2D eigenvalue weighted by atomic mass is 10.1. The van der Waals surface area contributed by atoms with Crippen LogP contribution >= 0.6 is 22.7 Å². The first-order valence-corrected chi connectivity index (χ1v) is 9.73. The van der Waals surface area contributed by atoms with Crippen molar-refractivity contribution in [2.75, 3.05) is 0 Å². The third-order valence-electron chi connectivity index (χ3n) is 3.92. The lowest BCUT2D eigenvalue weighted by Crippen LogP contribution is -1.79. The summed E-state index contributed by atoms with van der Waals surface area (Å²) in [6.45, 7) is 0. The molecular formula is C20H12N2O2S2. The Morgan fingerprint density at radius 1 is 0.615 bits per heavy atom. The summed E-state index contributed by atoms with van der Waals surface area (Å²) in [5.41, 5.74) is 1.84. The van der Waals surface area contributed by atoms with Crippen molar-refractivity contribution in [1.29, 1.82) is 0 Å². The zero-order valence-corrected chi connectivity index (χ0v) is 15.1. The van der Waals surface area contributed by atoms with Crippen LogP contribution in [0.2, 0.25) is 0 Å². The maximum atomic E-state index is 5.87. The molecule has 0 atom stereocenters. The molecule has 0 aliphatic rings. The minimum absolute atomic E-state index is 0.603. The maximum absolute atomic E-state index is 5.87. The zero-order chi connectivity index (χ0) is 17.3. The number of aromatic nitrogens is 2. The van der Waals surface area contributed by atoms with Gasteiger partial charge in [-0.3, -0.25) is 0 Å². The normalized spacial score (nSPS) is 11.1. The van der Waals surface area contributed by atoms with Crippen molar-refractivity contribution in [3.05, 3.63) is 71.7 Å². The fourth-order valence-electron chi connectivity index (χ4n) is 2.64. The molecular weight excluding hydrogens is 364 g/mol. The lowest BCUT2D eigenvalue weighted by molar-refractivity contribution is 0.588. The molecule has 0 aliphatic carbocycles. The van der Waals surface area contributed by atoms with Crippen molar-refractivity contribution in [1.82, 2.24) is 9.97 Å². The zero-order valence-electron chi connectivity index (χ0n) is 13.5. The predicted molar refractivity (Wildman–Crippen MR) is 104 cm³/mol. The van der Waals surface area contributed by atoms with E-state index < -0.39 is 0 Å². The van der Waals surface area contributed by atoms with Gasteiger partial charge in [0.1, 0.15) is 0 Å². The van der Waals surface area contributed by atoms with Gasteiger partial charge in [0.05, 0.1) is 22.1 Å². The van der Waals surface area contributed by atoms with E-state index in [1.807, 2.05) is 59.3 Å². The van der Waals surface area contributed by atoms with E-state index in [4.69, 9.17) is 8.83 Å². The van der Waals surface area contributed by atoms with Crippen LogP contribution < -0.4 is 0 Å². The maximum Gasteiger partial charge on any atom is 0.226 e. The van der Waals surface area contributed by atoms with Crippen molar-refractivity contribution in [2.45, 2.75) is 0 Å². The average Bonchev–Trinajstić information content (AvgIpc) is 3.49. The molecule has 4 aromatic heterocycles. The van der Waals surface area contributed by atoms with Gasteiger partial charge in [-0.2, -0.15) is 0 Å². The van der Waals surface area contributed by atoms with Crippen molar-refractivity contribution in [3.63, 3.8) is 0 Å². The third kappa shape index (κ3) is 2.79. The standard InChI is InChI=1S/C20H12N2O2S2/c1-3-17(25-9-1)15-11-21-19(23-15)13-5-7-14(8-6-13)20-22-12-16(24-20)18-4-2-10-26-18/h1-12H. The van der Waals surface area contributed by atoms with Gasteiger partial charge in [-0.15, -0.1) is 22.7 Å². The molecule has 26 heavy (non-hydrogen) atoms. The van der Waals surface area contributed by atoms with Crippen molar-refractivity contribution in [3.8, 4) is 44.2 Å². The van der Waals surface area contributed by atoms with Crippen molar-refractivity contribution >= 4 is 22.7 Å². The van der Waals surface area contributed by atoms with Gasteiger partial charge in [0, 0.05) is 11.1 Å². The van der Waals surface area contributed by atoms with Gasteiger partial charge in [0.2, 0.25) is 11.8 Å². The summed E-state index contributed by atoms with van der Waals surface area (Å²) in [6.07, 6.45) is 3.52. The molecule has 0 spiro atoms. The second-order valence-corrected chi connectivity index (χ2v) is 7.49. The first kappa shape index (κ1) is 15.3. The van der Waals surface area contributed by atoms with E-state index in [-0.39, 0.29) is 0 Å². The van der Waals surface area contributed by atoms with Crippen LogP contribution in [0.1, 0.15) is 0 Å². The van der Waals surface area contributed by atoms with Gasteiger partial charge in [0.15, 0.2) is 11.5 Å². The summed E-state index contributed by atoms with van der Waals surface area (Å²) in [5, 5.41) is 4.04. The Balaban J connectivity index is 1.41. The Hall–Kier alpha value is -2.96. The van der Waals surface area contributed by atoms with Crippen LogP contribution in [-0.2, 0) is 0 Å². The number of nitrogens with zero attached hydrogens (tertiary/aromatic N) is 2. The smallest absolute Gasteiger partial charge is 0.226 e. The summed E-state index contributed by atoms with van der Waals surface area (Å²) >= 11 is 3.26. The van der Waals surface area contributed by atoms with Crippen LogP contribution in [-0.4, -0.2) is 9.97 Å². The Morgan fingerprint density at radius 3 is 1.46 bits per heavy atom. The van der Waals surface area contributed by atoms with Crippen LogP contribution in [0.25, 0.3) is 44.2 Å². The Labute approximate surface area is 157 Å². The molecule has 0 radical (unpaired) electrons.